The van der Waals surface area contributed by atoms with Crippen molar-refractivity contribution in [2.45, 2.75) is 71.7 Å². The first-order chi connectivity index (χ1) is 21.6. The Labute approximate surface area is 266 Å². The predicted molar refractivity (Wildman–Crippen MR) is 170 cm³/mol. The molecule has 0 amide bonds. The highest BCUT2D eigenvalue weighted by atomic mass is 31.2. The quantitative estimate of drug-likeness (QED) is 0.145. The zero-order chi connectivity index (χ0) is 33.4. The number of aliphatic hydroxyl groups is 1. The van der Waals surface area contributed by atoms with Crippen LogP contribution in [-0.4, -0.2) is 74.8 Å². The van der Waals surface area contributed by atoms with Crippen LogP contribution in [0.2, 0.25) is 0 Å². The summed E-state index contributed by atoms with van der Waals surface area (Å²) in [7, 11) is -2.71. The van der Waals surface area contributed by atoms with Gasteiger partial charge in [0, 0.05) is 12.4 Å². The number of nitrogens with zero attached hydrogens (tertiary/aromatic N) is 4. The molecule has 2 aromatic carbocycles. The molecule has 0 unspecified atom stereocenters. The van der Waals surface area contributed by atoms with Crippen molar-refractivity contribution >= 4 is 41.5 Å². The fourth-order valence-corrected chi connectivity index (χ4v) is 6.61. The number of carbonyl (C=O) groups is 1. The summed E-state index contributed by atoms with van der Waals surface area (Å²) in [4.78, 5) is 25.9. The minimum Gasteiger partial charge on any atom is -0.464 e. The van der Waals surface area contributed by atoms with Crippen molar-refractivity contribution in [2.24, 2.45) is 5.41 Å². The number of imidazole rings is 1. The topological polar surface area (TPSA) is 159 Å². The second-order valence-corrected chi connectivity index (χ2v) is 14.4. The van der Waals surface area contributed by atoms with Crippen LogP contribution >= 0.6 is 7.75 Å². The second-order valence-electron chi connectivity index (χ2n) is 12.7. The van der Waals surface area contributed by atoms with E-state index in [9.17, 15) is 14.5 Å². The van der Waals surface area contributed by atoms with Gasteiger partial charge >= 0.3 is 13.7 Å². The van der Waals surface area contributed by atoms with Gasteiger partial charge in [0.1, 0.15) is 29.8 Å². The number of alkyl halides is 1. The van der Waals surface area contributed by atoms with Gasteiger partial charge in [-0.3, -0.25) is 13.9 Å². The molecule has 1 aliphatic rings. The van der Waals surface area contributed by atoms with Crippen LogP contribution in [0.15, 0.2) is 48.8 Å². The van der Waals surface area contributed by atoms with Crippen molar-refractivity contribution in [2.75, 3.05) is 25.6 Å². The average molecular weight is 659 g/mol. The van der Waals surface area contributed by atoms with E-state index in [0.717, 1.165) is 5.39 Å². The molecule has 1 fully saturated rings. The van der Waals surface area contributed by atoms with E-state index in [4.69, 9.17) is 18.5 Å². The first kappa shape index (κ1) is 33.7. The lowest BCUT2D eigenvalue weighted by Crippen LogP contribution is -2.41. The summed E-state index contributed by atoms with van der Waals surface area (Å²) >= 11 is 0. The molecule has 46 heavy (non-hydrogen) atoms. The molecule has 1 saturated heterocycles. The van der Waals surface area contributed by atoms with Crippen molar-refractivity contribution < 1.29 is 37.4 Å². The number of hydrogen-bond acceptors (Lipinski definition) is 11. The van der Waals surface area contributed by atoms with Crippen LogP contribution in [-0.2, 0) is 23.4 Å². The fraction of sp³-hybridized carbons (Fsp3) is 0.484. The van der Waals surface area contributed by atoms with Gasteiger partial charge < -0.3 is 24.4 Å². The average Bonchev–Trinajstić information content (AvgIpc) is 3.51. The zero-order valence-electron chi connectivity index (χ0n) is 26.9. The summed E-state index contributed by atoms with van der Waals surface area (Å²) < 4.78 is 55.1. The molecule has 0 saturated carbocycles. The van der Waals surface area contributed by atoms with Gasteiger partial charge in [-0.05, 0) is 37.6 Å². The third-order valence-corrected chi connectivity index (χ3v) is 9.10. The van der Waals surface area contributed by atoms with Crippen molar-refractivity contribution in [3.63, 3.8) is 0 Å². The molecule has 0 spiro atoms. The Morgan fingerprint density at radius 3 is 2.65 bits per heavy atom. The highest BCUT2D eigenvalue weighted by Gasteiger charge is 2.56. The Hall–Kier alpha value is -3.68. The highest BCUT2D eigenvalue weighted by Crippen LogP contribution is 2.49. The normalized spacial score (nSPS) is 23.7. The molecule has 13 nitrogen and oxygen atoms in total. The molecule has 15 heteroatoms. The monoisotopic (exact) mass is 658 g/mol. The maximum absolute atomic E-state index is 16.2. The van der Waals surface area contributed by atoms with Gasteiger partial charge in [0.2, 0.25) is 0 Å². The molecule has 0 bridgehead atoms. The zero-order valence-corrected chi connectivity index (χ0v) is 27.7. The molecule has 1 aliphatic heterocycles. The number of hydrogen-bond donors (Lipinski definition) is 3. The van der Waals surface area contributed by atoms with E-state index in [1.807, 2.05) is 39.0 Å². The molecule has 4 aromatic rings. The fourth-order valence-electron chi connectivity index (χ4n) is 5.09. The van der Waals surface area contributed by atoms with Crippen LogP contribution in [0.5, 0.6) is 5.75 Å². The number of carbonyl (C=O) groups excluding carboxylic acids is 1. The van der Waals surface area contributed by atoms with E-state index in [1.54, 1.807) is 38.2 Å². The SMILES string of the molecule is CNc1nc(C)nc2c1ncn2[C@@H]1O[C@H](CO[P@@](=O)(N[C@H](C)C(=O)OCC(C)(C)C)Oc2cccc3ccccc23)[C@@H](O)[C@@]1(C)F. The Morgan fingerprint density at radius 2 is 1.93 bits per heavy atom. The number of halogens is 1. The van der Waals surface area contributed by atoms with E-state index in [1.165, 1.54) is 24.7 Å². The number of aryl methyl sites for hydroxylation is 1. The van der Waals surface area contributed by atoms with Crippen LogP contribution in [0.3, 0.4) is 0 Å². The maximum Gasteiger partial charge on any atom is 0.459 e. The van der Waals surface area contributed by atoms with Crippen LogP contribution in [0.4, 0.5) is 10.2 Å². The molecule has 3 heterocycles. The lowest BCUT2D eigenvalue weighted by Gasteiger charge is -2.26. The largest absolute Gasteiger partial charge is 0.464 e. The number of nitrogens with one attached hydrogen (secondary N) is 2. The summed E-state index contributed by atoms with van der Waals surface area (Å²) in [6.45, 7) is 9.66. The minimum absolute atomic E-state index is 0.134. The van der Waals surface area contributed by atoms with Gasteiger partial charge in [0.15, 0.2) is 28.9 Å². The summed E-state index contributed by atoms with van der Waals surface area (Å²) in [5.41, 5.74) is -1.93. The van der Waals surface area contributed by atoms with E-state index in [-0.39, 0.29) is 17.8 Å². The number of aromatic nitrogens is 4. The Kier molecular flexibility index (Phi) is 9.40. The van der Waals surface area contributed by atoms with Crippen molar-refractivity contribution in [3.05, 3.63) is 54.6 Å². The predicted octanol–water partition coefficient (Wildman–Crippen LogP) is 5.09. The van der Waals surface area contributed by atoms with E-state index in [2.05, 4.69) is 25.4 Å². The number of rotatable bonds is 11. The highest BCUT2D eigenvalue weighted by molar-refractivity contribution is 7.52. The molecule has 5 rings (SSSR count). The van der Waals surface area contributed by atoms with Crippen molar-refractivity contribution in [1.29, 1.82) is 0 Å². The van der Waals surface area contributed by atoms with Crippen molar-refractivity contribution in [3.8, 4) is 5.75 Å². The van der Waals surface area contributed by atoms with Crippen LogP contribution in [0.25, 0.3) is 21.9 Å². The van der Waals surface area contributed by atoms with Crippen molar-refractivity contribution in [1.82, 2.24) is 24.6 Å². The lowest BCUT2D eigenvalue weighted by atomic mass is 9.98. The number of aliphatic hydroxyl groups excluding tert-OH is 1. The van der Waals surface area contributed by atoms with E-state index >= 15 is 4.39 Å². The number of anilines is 1. The van der Waals surface area contributed by atoms with Crippen LogP contribution in [0.1, 0.15) is 46.7 Å². The van der Waals surface area contributed by atoms with E-state index < -0.39 is 50.5 Å². The minimum atomic E-state index is -4.39. The second kappa shape index (κ2) is 12.8. The third-order valence-electron chi connectivity index (χ3n) is 7.47. The summed E-state index contributed by atoms with van der Waals surface area (Å²) in [6.07, 6.45) is -3.00. The Bertz CT molecular complexity index is 1770. The summed E-state index contributed by atoms with van der Waals surface area (Å²) in [6, 6.07) is 11.4. The van der Waals surface area contributed by atoms with Gasteiger partial charge in [-0.1, -0.05) is 57.2 Å². The van der Waals surface area contributed by atoms with Gasteiger partial charge in [-0.15, -0.1) is 0 Å². The van der Waals surface area contributed by atoms with Gasteiger partial charge in [-0.2, -0.15) is 5.09 Å². The molecule has 6 atom stereocenters. The molecule has 0 radical (unpaired) electrons. The molecule has 0 aliphatic carbocycles. The summed E-state index contributed by atoms with van der Waals surface area (Å²) in [5.74, 6) is 0.433. The van der Waals surface area contributed by atoms with Gasteiger partial charge in [-0.25, -0.2) is 23.9 Å². The third kappa shape index (κ3) is 7.01. The molecule has 2 aromatic heterocycles. The van der Waals surface area contributed by atoms with Crippen LogP contribution in [0, 0.1) is 12.3 Å². The lowest BCUT2D eigenvalue weighted by molar-refractivity contribution is -0.148. The standard InChI is InChI=1S/C31H40FN6O7P/c1-18(28(40)42-16-30(3,4)5)37-46(41,45-22-14-10-12-20-11-8-9-13-21(20)22)43-15-23-25(39)31(6,32)29(44-23)38-17-34-24-26(33-7)35-19(2)36-27(24)38/h8-14,17-18,23,25,29,39H,15-16H2,1-7H3,(H,37,41)(H,33,35,36)/t18-,23-,25-,29-,31-,46+/m1/s1. The van der Waals surface area contributed by atoms with E-state index in [0.29, 0.717) is 28.2 Å². The number of fused-ring (bicyclic) bond motifs is 2. The number of esters is 1. The van der Waals surface area contributed by atoms with Gasteiger partial charge in [0.25, 0.3) is 0 Å². The Morgan fingerprint density at radius 1 is 1.22 bits per heavy atom. The summed E-state index contributed by atoms with van der Waals surface area (Å²) in [5, 5.41) is 18.1. The Balaban J connectivity index is 1.40. The maximum atomic E-state index is 16.2. The smallest absolute Gasteiger partial charge is 0.459 e. The number of benzene rings is 2. The molecule has 248 valence electrons. The molecule has 3 N–H and O–H groups in total. The van der Waals surface area contributed by atoms with Gasteiger partial charge in [0.05, 0.1) is 19.5 Å². The van der Waals surface area contributed by atoms with Crippen LogP contribution < -0.4 is 14.9 Å². The molecular formula is C31H40FN6O7P. The number of ether oxygens (including phenoxy) is 2. The molecular weight excluding hydrogens is 618 g/mol. The first-order valence-electron chi connectivity index (χ1n) is 14.9. The first-order valence-corrected chi connectivity index (χ1v) is 16.4.